The van der Waals surface area contributed by atoms with Crippen molar-refractivity contribution in [3.05, 3.63) is 24.3 Å². The third-order valence-electron chi connectivity index (χ3n) is 4.29. The number of carbonyl (C=O) groups is 2. The van der Waals surface area contributed by atoms with Crippen LogP contribution in [-0.4, -0.2) is 30.3 Å². The number of ether oxygens (including phenoxy) is 1. The van der Waals surface area contributed by atoms with Crippen LogP contribution in [0.25, 0.3) is 0 Å². The van der Waals surface area contributed by atoms with Crippen LogP contribution in [0.3, 0.4) is 0 Å². The molecule has 0 aromatic rings. The topological polar surface area (TPSA) is 75.6 Å². The molecule has 0 bridgehead atoms. The molecule has 1 fully saturated rings. The highest BCUT2D eigenvalue weighted by Gasteiger charge is 2.51. The number of carboxylic acid groups (broad SMARTS) is 1. The lowest BCUT2D eigenvalue weighted by Crippen LogP contribution is -2.26. The fraction of sp³-hybridized carbons (Fsp3) is 0.625. The van der Waals surface area contributed by atoms with E-state index in [-0.39, 0.29) is 17.4 Å². The maximum atomic E-state index is 11.5. The first kappa shape index (κ1) is 15.6. The van der Waals surface area contributed by atoms with Gasteiger partial charge in [-0.25, -0.2) is 4.79 Å². The van der Waals surface area contributed by atoms with Gasteiger partial charge in [-0.2, -0.15) is 0 Å². The minimum absolute atomic E-state index is 0.160. The molecule has 5 heteroatoms. The van der Waals surface area contributed by atoms with Crippen molar-refractivity contribution >= 4 is 12.1 Å². The summed E-state index contributed by atoms with van der Waals surface area (Å²) in [7, 11) is 0. The fourth-order valence-electron chi connectivity index (χ4n) is 2.63. The molecule has 1 saturated carbocycles. The van der Waals surface area contributed by atoms with Gasteiger partial charge >= 0.3 is 12.1 Å². The number of carboxylic acids is 1. The first-order chi connectivity index (χ1) is 10.0. The molecule has 0 radical (unpaired) electrons. The van der Waals surface area contributed by atoms with Gasteiger partial charge in [0, 0.05) is 17.9 Å². The summed E-state index contributed by atoms with van der Waals surface area (Å²) in [5.74, 6) is -0.680. The third-order valence-corrected chi connectivity index (χ3v) is 4.29. The van der Waals surface area contributed by atoms with E-state index in [4.69, 9.17) is 9.84 Å². The summed E-state index contributed by atoms with van der Waals surface area (Å²) in [6.45, 7) is 2.68. The van der Waals surface area contributed by atoms with E-state index in [1.54, 1.807) is 6.92 Å². The molecule has 21 heavy (non-hydrogen) atoms. The van der Waals surface area contributed by atoms with Gasteiger partial charge in [0.1, 0.15) is 0 Å². The summed E-state index contributed by atoms with van der Waals surface area (Å²) in [5, 5.41) is 11.4. The van der Waals surface area contributed by atoms with Gasteiger partial charge in [0.2, 0.25) is 0 Å². The lowest BCUT2D eigenvalue weighted by atomic mass is 10.0. The maximum absolute atomic E-state index is 11.5. The van der Waals surface area contributed by atoms with Crippen molar-refractivity contribution in [3.63, 3.8) is 0 Å². The second kappa shape index (κ2) is 6.78. The van der Waals surface area contributed by atoms with E-state index >= 15 is 0 Å². The van der Waals surface area contributed by atoms with Crippen LogP contribution >= 0.6 is 0 Å². The van der Waals surface area contributed by atoms with Gasteiger partial charge in [0.15, 0.2) is 0 Å². The van der Waals surface area contributed by atoms with E-state index in [9.17, 15) is 9.59 Å². The number of carbonyl (C=O) groups excluding carboxylic acids is 1. The van der Waals surface area contributed by atoms with Gasteiger partial charge in [-0.3, -0.25) is 4.79 Å². The van der Waals surface area contributed by atoms with Gasteiger partial charge < -0.3 is 15.2 Å². The second-order valence-corrected chi connectivity index (χ2v) is 5.99. The molecule has 116 valence electrons. The zero-order valence-electron chi connectivity index (χ0n) is 12.4. The largest absolute Gasteiger partial charge is 0.481 e. The zero-order chi connectivity index (χ0) is 15.3. The third kappa shape index (κ3) is 4.34. The number of aliphatic carboxylic acids is 1. The molecule has 2 aliphatic carbocycles. The van der Waals surface area contributed by atoms with E-state index < -0.39 is 5.97 Å². The monoisotopic (exact) mass is 293 g/mol. The number of hydrogen-bond acceptors (Lipinski definition) is 3. The van der Waals surface area contributed by atoms with E-state index in [0.717, 1.165) is 19.3 Å². The van der Waals surface area contributed by atoms with Crippen molar-refractivity contribution in [1.29, 1.82) is 0 Å². The molecule has 2 N–H and O–H groups in total. The highest BCUT2D eigenvalue weighted by Crippen LogP contribution is 2.56. The first-order valence-electron chi connectivity index (χ1n) is 7.54. The molecule has 0 heterocycles. The number of unbranched alkanes of at least 4 members (excludes halogenated alkanes) is 1. The van der Waals surface area contributed by atoms with Gasteiger partial charge in [-0.15, -0.1) is 0 Å². The Hall–Kier alpha value is -1.78. The van der Waals surface area contributed by atoms with Crippen molar-refractivity contribution in [2.24, 2.45) is 17.3 Å². The standard InChI is InChI=1S/C16H23NO4/c1-12(14(18)19)6-2-5-9-17-15(20)21-11-13-10-16(13)7-3-4-8-16/h3-4,7-8,12-13H,2,5-6,9-11H2,1H3,(H,17,20)(H,18,19)/t12-,13?/m0/s1. The van der Waals surface area contributed by atoms with E-state index in [0.29, 0.717) is 25.5 Å². The van der Waals surface area contributed by atoms with Crippen molar-refractivity contribution < 1.29 is 19.4 Å². The van der Waals surface area contributed by atoms with Gasteiger partial charge in [-0.1, -0.05) is 37.6 Å². The molecular weight excluding hydrogens is 270 g/mol. The Balaban J connectivity index is 1.48. The average Bonchev–Trinajstić information content (AvgIpc) is 2.89. The van der Waals surface area contributed by atoms with Crippen LogP contribution in [0.2, 0.25) is 0 Å². The van der Waals surface area contributed by atoms with Crippen LogP contribution in [0, 0.1) is 17.3 Å². The van der Waals surface area contributed by atoms with Gasteiger partial charge in [0.25, 0.3) is 0 Å². The van der Waals surface area contributed by atoms with E-state index in [1.807, 2.05) is 12.2 Å². The molecule has 2 rings (SSSR count). The van der Waals surface area contributed by atoms with Crippen LogP contribution in [-0.2, 0) is 9.53 Å². The molecule has 5 nitrogen and oxygen atoms in total. The van der Waals surface area contributed by atoms with Crippen molar-refractivity contribution in [3.8, 4) is 0 Å². The number of hydrogen-bond donors (Lipinski definition) is 2. The Morgan fingerprint density at radius 3 is 2.76 bits per heavy atom. The molecule has 1 unspecified atom stereocenters. The number of allylic oxidation sites excluding steroid dienone is 4. The highest BCUT2D eigenvalue weighted by atomic mass is 16.5. The summed E-state index contributed by atoms with van der Waals surface area (Å²) in [4.78, 5) is 22.2. The Bertz CT molecular complexity index is 443. The fourth-order valence-corrected chi connectivity index (χ4v) is 2.63. The van der Waals surface area contributed by atoms with Crippen molar-refractivity contribution in [2.75, 3.05) is 13.2 Å². The first-order valence-corrected chi connectivity index (χ1v) is 7.54. The Kier molecular flexibility index (Phi) is 5.04. The van der Waals surface area contributed by atoms with E-state index in [2.05, 4.69) is 17.5 Å². The summed E-state index contributed by atoms with van der Waals surface area (Å²) < 4.78 is 5.21. The lowest BCUT2D eigenvalue weighted by Gasteiger charge is -2.09. The molecule has 0 aromatic carbocycles. The second-order valence-electron chi connectivity index (χ2n) is 5.99. The number of alkyl carbamates (subject to hydrolysis) is 1. The predicted octanol–water partition coefficient (Wildman–Crippen LogP) is 2.74. The zero-order valence-corrected chi connectivity index (χ0v) is 12.4. The van der Waals surface area contributed by atoms with Gasteiger partial charge in [-0.05, 0) is 19.3 Å². The molecule has 1 spiro atoms. The molecule has 0 saturated heterocycles. The average molecular weight is 293 g/mol. The molecule has 0 aliphatic heterocycles. The minimum atomic E-state index is -0.768. The quantitative estimate of drug-likeness (QED) is 0.675. The van der Waals surface area contributed by atoms with Crippen molar-refractivity contribution in [2.45, 2.75) is 32.6 Å². The Morgan fingerprint density at radius 1 is 1.38 bits per heavy atom. The summed E-state index contributed by atoms with van der Waals surface area (Å²) in [6.07, 6.45) is 11.3. The lowest BCUT2D eigenvalue weighted by molar-refractivity contribution is -0.141. The molecule has 2 atom stereocenters. The normalized spacial score (nSPS) is 22.2. The van der Waals surface area contributed by atoms with E-state index in [1.165, 1.54) is 0 Å². The highest BCUT2D eigenvalue weighted by molar-refractivity contribution is 5.69. The van der Waals surface area contributed by atoms with Crippen LogP contribution in [0.5, 0.6) is 0 Å². The number of amides is 1. The Labute approximate surface area is 125 Å². The summed E-state index contributed by atoms with van der Waals surface area (Å²) in [5.41, 5.74) is 0.160. The molecular formula is C16H23NO4. The summed E-state index contributed by atoms with van der Waals surface area (Å²) in [6, 6.07) is 0. The minimum Gasteiger partial charge on any atom is -0.481 e. The smallest absolute Gasteiger partial charge is 0.407 e. The predicted molar refractivity (Wildman–Crippen MR) is 78.8 cm³/mol. The molecule has 1 amide bonds. The SMILES string of the molecule is C[C@@H](CCCCNC(=O)OCC1CC12C=CC=C2)C(=O)O. The van der Waals surface area contributed by atoms with Crippen LogP contribution in [0.1, 0.15) is 32.6 Å². The maximum Gasteiger partial charge on any atom is 0.407 e. The molecule has 2 aliphatic rings. The Morgan fingerprint density at radius 2 is 2.10 bits per heavy atom. The van der Waals surface area contributed by atoms with Gasteiger partial charge in [0.05, 0.1) is 12.5 Å². The van der Waals surface area contributed by atoms with Crippen molar-refractivity contribution in [1.82, 2.24) is 5.32 Å². The van der Waals surface area contributed by atoms with Crippen LogP contribution < -0.4 is 5.32 Å². The number of nitrogens with one attached hydrogen (secondary N) is 1. The number of rotatable bonds is 8. The van der Waals surface area contributed by atoms with Crippen LogP contribution in [0.15, 0.2) is 24.3 Å². The van der Waals surface area contributed by atoms with Crippen LogP contribution in [0.4, 0.5) is 4.79 Å². The molecule has 0 aromatic heterocycles. The summed E-state index contributed by atoms with van der Waals surface area (Å²) >= 11 is 0.